The van der Waals surface area contributed by atoms with Gasteiger partial charge in [0.25, 0.3) is 0 Å². The van der Waals surface area contributed by atoms with Crippen molar-refractivity contribution in [3.05, 3.63) is 60.7 Å². The van der Waals surface area contributed by atoms with Crippen molar-refractivity contribution in [1.29, 1.82) is 0 Å². The van der Waals surface area contributed by atoms with Crippen molar-refractivity contribution in [3.8, 4) is 0 Å². The summed E-state index contributed by atoms with van der Waals surface area (Å²) in [5, 5.41) is 3.18. The molecule has 1 fully saturated rings. The summed E-state index contributed by atoms with van der Waals surface area (Å²) >= 11 is 0. The minimum Gasteiger partial charge on any atom is -0.341 e. The third-order valence-corrected chi connectivity index (χ3v) is 17.4. The van der Waals surface area contributed by atoms with E-state index in [1.54, 1.807) is 10.4 Å². The molecule has 0 bridgehead atoms. The van der Waals surface area contributed by atoms with Gasteiger partial charge in [0.2, 0.25) is 0 Å². The van der Waals surface area contributed by atoms with Gasteiger partial charge in [0.15, 0.2) is 16.5 Å². The van der Waals surface area contributed by atoms with E-state index in [0.717, 1.165) is 0 Å². The Morgan fingerprint density at radius 1 is 0.700 bits per heavy atom. The Kier molecular flexibility index (Phi) is 3.44. The van der Waals surface area contributed by atoms with E-state index in [-0.39, 0.29) is 0 Å². The Balaban J connectivity index is 2.01. The molecule has 0 aromatic heterocycles. The lowest BCUT2D eigenvalue weighted by atomic mass is 10.4. The van der Waals surface area contributed by atoms with Crippen LogP contribution in [0.25, 0.3) is 0 Å². The molecule has 0 radical (unpaired) electrons. The fourth-order valence-electron chi connectivity index (χ4n) is 3.64. The first-order chi connectivity index (χ1) is 9.57. The topological polar surface area (TPSA) is 3.24 Å². The van der Waals surface area contributed by atoms with Crippen molar-refractivity contribution in [3.63, 3.8) is 0 Å². The zero-order valence-electron chi connectivity index (χ0n) is 12.6. The van der Waals surface area contributed by atoms with E-state index in [0.29, 0.717) is 0 Å². The predicted molar refractivity (Wildman–Crippen MR) is 92.8 cm³/mol. The van der Waals surface area contributed by atoms with Crippen LogP contribution in [-0.2, 0) is 0 Å². The molecule has 0 amide bonds. The third kappa shape index (κ3) is 2.01. The van der Waals surface area contributed by atoms with Gasteiger partial charge in [-0.3, -0.25) is 0 Å². The van der Waals surface area contributed by atoms with E-state index in [9.17, 15) is 0 Å². The van der Waals surface area contributed by atoms with Crippen LogP contribution < -0.4 is 10.4 Å². The van der Waals surface area contributed by atoms with Crippen LogP contribution >= 0.6 is 0 Å². The lowest BCUT2D eigenvalue weighted by Gasteiger charge is -2.40. The van der Waals surface area contributed by atoms with Gasteiger partial charge in [0, 0.05) is 0 Å². The van der Waals surface area contributed by atoms with Crippen LogP contribution in [0.4, 0.5) is 0 Å². The molecule has 1 saturated heterocycles. The molecule has 20 heavy (non-hydrogen) atoms. The van der Waals surface area contributed by atoms with E-state index < -0.39 is 16.5 Å². The normalized spacial score (nSPS) is 30.6. The van der Waals surface area contributed by atoms with Crippen molar-refractivity contribution < 1.29 is 0 Å². The summed E-state index contributed by atoms with van der Waals surface area (Å²) in [6, 6.07) is 25.2. The molecule has 104 valence electrons. The summed E-state index contributed by atoms with van der Waals surface area (Å²) in [5.41, 5.74) is 0. The van der Waals surface area contributed by atoms with Gasteiger partial charge in [0.1, 0.15) is 0 Å². The maximum absolute atomic E-state index is 2.84. The van der Waals surface area contributed by atoms with Crippen LogP contribution in [0.1, 0.15) is 0 Å². The minimum absolute atomic E-state index is 1.39. The molecule has 2 unspecified atom stereocenters. The monoisotopic (exact) mass is 297 g/mol. The standard InChI is InChI=1S/C17H23NSi2/c1-18-19(2,16-10-6-4-7-11-16)14-15-20(18,3)17-12-8-5-9-13-17/h4-13H,14-15H2,1-3H3. The molecular formula is C17H23NSi2. The summed E-state index contributed by atoms with van der Waals surface area (Å²) in [6.07, 6.45) is 0. The molecule has 2 aromatic carbocycles. The van der Waals surface area contributed by atoms with E-state index in [1.807, 2.05) is 0 Å². The molecule has 1 nitrogen and oxygen atoms in total. The van der Waals surface area contributed by atoms with Crippen molar-refractivity contribution >= 4 is 26.8 Å². The average molecular weight is 298 g/mol. The highest BCUT2D eigenvalue weighted by atomic mass is 28.4. The van der Waals surface area contributed by atoms with Crippen molar-refractivity contribution in [2.45, 2.75) is 25.2 Å². The Hall–Kier alpha value is -1.17. The summed E-state index contributed by atoms with van der Waals surface area (Å²) in [6.45, 7) is 5.09. The zero-order chi connectivity index (χ0) is 14.2. The van der Waals surface area contributed by atoms with Crippen LogP contribution in [-0.4, -0.2) is 27.7 Å². The molecule has 1 heterocycles. The Morgan fingerprint density at radius 3 is 1.40 bits per heavy atom. The number of benzene rings is 2. The number of rotatable bonds is 2. The molecule has 2 atom stereocenters. The molecule has 0 aliphatic carbocycles. The highest BCUT2D eigenvalue weighted by Crippen LogP contribution is 2.35. The van der Waals surface area contributed by atoms with E-state index in [4.69, 9.17) is 0 Å². The maximum atomic E-state index is 2.84. The third-order valence-electron chi connectivity index (χ3n) is 5.37. The number of hydrogen-bond donors (Lipinski definition) is 0. The lowest BCUT2D eigenvalue weighted by Crippen LogP contribution is -2.65. The predicted octanol–water partition coefficient (Wildman–Crippen LogP) is 2.90. The number of nitrogens with zero attached hydrogens (tertiary/aromatic N) is 1. The molecule has 0 spiro atoms. The van der Waals surface area contributed by atoms with E-state index in [2.05, 4.69) is 85.0 Å². The van der Waals surface area contributed by atoms with Gasteiger partial charge in [-0.2, -0.15) is 0 Å². The molecule has 1 aliphatic rings. The van der Waals surface area contributed by atoms with Crippen LogP contribution in [0.5, 0.6) is 0 Å². The Bertz CT molecular complexity index is 533. The molecule has 3 heteroatoms. The van der Waals surface area contributed by atoms with Crippen LogP contribution in [0, 0.1) is 0 Å². The molecule has 0 N–H and O–H groups in total. The van der Waals surface area contributed by atoms with Crippen molar-refractivity contribution in [2.24, 2.45) is 0 Å². The first-order valence-electron chi connectivity index (χ1n) is 7.42. The van der Waals surface area contributed by atoms with E-state index >= 15 is 0 Å². The molecule has 0 saturated carbocycles. The number of hydrogen-bond acceptors (Lipinski definition) is 1. The van der Waals surface area contributed by atoms with Gasteiger partial charge < -0.3 is 4.23 Å². The van der Waals surface area contributed by atoms with Gasteiger partial charge >= 0.3 is 0 Å². The smallest absolute Gasteiger partial charge is 0.150 e. The first-order valence-corrected chi connectivity index (χ1v) is 12.7. The summed E-state index contributed by atoms with van der Waals surface area (Å²) in [4.78, 5) is 0. The SMILES string of the molecule is CN1[Si](C)(c2ccccc2)CC[Si]1(C)c1ccccc1. The molecular weight excluding hydrogens is 274 g/mol. The van der Waals surface area contributed by atoms with Gasteiger partial charge in [-0.15, -0.1) is 0 Å². The van der Waals surface area contributed by atoms with Crippen LogP contribution in [0.3, 0.4) is 0 Å². The maximum Gasteiger partial charge on any atom is 0.150 e. The fourth-order valence-corrected chi connectivity index (χ4v) is 17.2. The zero-order valence-corrected chi connectivity index (χ0v) is 14.6. The second-order valence-corrected chi connectivity index (χ2v) is 15.4. The quantitative estimate of drug-likeness (QED) is 0.771. The summed E-state index contributed by atoms with van der Waals surface area (Å²) < 4.78 is 2.84. The first kappa shape index (κ1) is 13.8. The highest BCUT2D eigenvalue weighted by Gasteiger charge is 2.52. The molecule has 3 rings (SSSR count). The lowest BCUT2D eigenvalue weighted by molar-refractivity contribution is 0.792. The van der Waals surface area contributed by atoms with Gasteiger partial charge in [-0.1, -0.05) is 73.8 Å². The highest BCUT2D eigenvalue weighted by molar-refractivity contribution is 7.06. The van der Waals surface area contributed by atoms with Crippen molar-refractivity contribution in [2.75, 3.05) is 7.05 Å². The largest absolute Gasteiger partial charge is 0.341 e. The Labute approximate surface area is 124 Å². The molecule has 1 aliphatic heterocycles. The summed E-state index contributed by atoms with van der Waals surface area (Å²) in [5.74, 6) is 0. The van der Waals surface area contributed by atoms with E-state index in [1.165, 1.54) is 12.1 Å². The Morgan fingerprint density at radius 2 is 1.05 bits per heavy atom. The van der Waals surface area contributed by atoms with Gasteiger partial charge in [-0.05, 0) is 29.5 Å². The second-order valence-electron chi connectivity index (χ2n) is 6.34. The van der Waals surface area contributed by atoms with Crippen molar-refractivity contribution in [1.82, 2.24) is 4.23 Å². The van der Waals surface area contributed by atoms with Crippen LogP contribution in [0.15, 0.2) is 60.7 Å². The van der Waals surface area contributed by atoms with Gasteiger partial charge in [-0.25, -0.2) is 0 Å². The fraction of sp³-hybridized carbons (Fsp3) is 0.294. The van der Waals surface area contributed by atoms with Gasteiger partial charge in [0.05, 0.1) is 0 Å². The van der Waals surface area contributed by atoms with Crippen LogP contribution in [0.2, 0.25) is 25.2 Å². The average Bonchev–Trinajstić information content (AvgIpc) is 2.76. The second kappa shape index (κ2) is 4.99. The summed E-state index contributed by atoms with van der Waals surface area (Å²) in [7, 11) is -0.583. The molecule has 2 aromatic rings. The minimum atomic E-state index is -1.49.